The summed E-state index contributed by atoms with van der Waals surface area (Å²) in [6, 6.07) is 13.4. The van der Waals surface area contributed by atoms with Crippen molar-refractivity contribution in [2.75, 3.05) is 30.8 Å². The molecule has 3 aromatic rings. The topological polar surface area (TPSA) is 74.3 Å². The Labute approximate surface area is 170 Å². The van der Waals surface area contributed by atoms with Crippen molar-refractivity contribution in [2.45, 2.75) is 20.8 Å². The molecule has 0 spiro atoms. The van der Waals surface area contributed by atoms with Crippen LogP contribution in [0, 0.1) is 20.8 Å². The van der Waals surface area contributed by atoms with Gasteiger partial charge < -0.3 is 10.6 Å². The van der Waals surface area contributed by atoms with Crippen LogP contribution in [-0.2, 0) is 9.59 Å². The maximum Gasteiger partial charge on any atom is 0.238 e. The van der Waals surface area contributed by atoms with E-state index in [1.165, 1.54) is 0 Å². The van der Waals surface area contributed by atoms with Gasteiger partial charge in [-0.2, -0.15) is 0 Å². The van der Waals surface area contributed by atoms with Gasteiger partial charge in [-0.25, -0.2) is 0 Å². The SMILES string of the molecule is Cc1cc(C)c(NC(=O)CN(C)CC(=O)Nc2cccc3ncccc23)c(C)c1. The minimum atomic E-state index is -0.181. The summed E-state index contributed by atoms with van der Waals surface area (Å²) in [6.07, 6.45) is 1.72. The van der Waals surface area contributed by atoms with Crippen LogP contribution in [-0.4, -0.2) is 41.8 Å². The molecular formula is C23H26N4O2. The zero-order chi connectivity index (χ0) is 21.0. The Kier molecular flexibility index (Phi) is 6.24. The van der Waals surface area contributed by atoms with Gasteiger partial charge in [-0.05, 0) is 63.2 Å². The predicted octanol–water partition coefficient (Wildman–Crippen LogP) is 3.67. The van der Waals surface area contributed by atoms with Crippen molar-refractivity contribution in [3.8, 4) is 0 Å². The van der Waals surface area contributed by atoms with Crippen LogP contribution in [0.5, 0.6) is 0 Å². The van der Waals surface area contributed by atoms with E-state index in [0.29, 0.717) is 5.69 Å². The first kappa shape index (κ1) is 20.5. The molecule has 2 amide bonds. The first-order valence-corrected chi connectivity index (χ1v) is 9.53. The Bertz CT molecular complexity index is 1030. The highest BCUT2D eigenvalue weighted by molar-refractivity contribution is 6.02. The second-order valence-electron chi connectivity index (χ2n) is 7.42. The van der Waals surface area contributed by atoms with E-state index < -0.39 is 0 Å². The molecule has 0 unspecified atom stereocenters. The van der Waals surface area contributed by atoms with Gasteiger partial charge in [0.1, 0.15) is 0 Å². The lowest BCUT2D eigenvalue weighted by molar-refractivity contribution is -0.119. The number of rotatable bonds is 6. The largest absolute Gasteiger partial charge is 0.324 e. The molecular weight excluding hydrogens is 364 g/mol. The number of likely N-dealkylation sites (N-methyl/N-ethyl adjacent to an activating group) is 1. The van der Waals surface area contributed by atoms with Crippen molar-refractivity contribution in [1.82, 2.24) is 9.88 Å². The van der Waals surface area contributed by atoms with Crippen LogP contribution in [0.2, 0.25) is 0 Å². The number of pyridine rings is 1. The van der Waals surface area contributed by atoms with Gasteiger partial charge in [0.15, 0.2) is 0 Å². The Morgan fingerprint density at radius 2 is 1.59 bits per heavy atom. The summed E-state index contributed by atoms with van der Waals surface area (Å²) in [5.41, 5.74) is 5.59. The van der Waals surface area contributed by atoms with Crippen molar-refractivity contribution in [3.63, 3.8) is 0 Å². The fraction of sp³-hybridized carbons (Fsp3) is 0.261. The van der Waals surface area contributed by atoms with Gasteiger partial charge in [-0.1, -0.05) is 23.8 Å². The predicted molar refractivity (Wildman–Crippen MR) is 117 cm³/mol. The molecule has 0 aliphatic heterocycles. The number of aromatic nitrogens is 1. The van der Waals surface area contributed by atoms with Crippen LogP contribution in [0.15, 0.2) is 48.7 Å². The van der Waals surface area contributed by atoms with E-state index in [1.54, 1.807) is 18.1 Å². The zero-order valence-electron chi connectivity index (χ0n) is 17.2. The van der Waals surface area contributed by atoms with Crippen LogP contribution < -0.4 is 10.6 Å². The number of amides is 2. The molecule has 0 atom stereocenters. The Hall–Kier alpha value is -3.25. The van der Waals surface area contributed by atoms with Crippen LogP contribution in [0.25, 0.3) is 10.9 Å². The molecule has 2 aromatic carbocycles. The third kappa shape index (κ3) is 5.18. The van der Waals surface area contributed by atoms with Crippen molar-refractivity contribution in [3.05, 3.63) is 65.4 Å². The van der Waals surface area contributed by atoms with Crippen molar-refractivity contribution in [2.24, 2.45) is 0 Å². The molecule has 6 nitrogen and oxygen atoms in total. The maximum atomic E-state index is 12.4. The van der Waals surface area contributed by atoms with E-state index in [0.717, 1.165) is 33.3 Å². The van der Waals surface area contributed by atoms with Crippen molar-refractivity contribution in [1.29, 1.82) is 0 Å². The highest BCUT2D eigenvalue weighted by atomic mass is 16.2. The number of carbonyl (C=O) groups excluding carboxylic acids is 2. The van der Waals surface area contributed by atoms with E-state index in [4.69, 9.17) is 0 Å². The van der Waals surface area contributed by atoms with Gasteiger partial charge in [0, 0.05) is 17.3 Å². The van der Waals surface area contributed by atoms with E-state index in [-0.39, 0.29) is 24.9 Å². The van der Waals surface area contributed by atoms with Gasteiger partial charge in [-0.3, -0.25) is 19.5 Å². The monoisotopic (exact) mass is 390 g/mol. The minimum absolute atomic E-state index is 0.107. The zero-order valence-corrected chi connectivity index (χ0v) is 17.2. The van der Waals surface area contributed by atoms with E-state index >= 15 is 0 Å². The van der Waals surface area contributed by atoms with Gasteiger partial charge >= 0.3 is 0 Å². The summed E-state index contributed by atoms with van der Waals surface area (Å²) in [6.45, 7) is 6.22. The lowest BCUT2D eigenvalue weighted by Crippen LogP contribution is -2.36. The summed E-state index contributed by atoms with van der Waals surface area (Å²) >= 11 is 0. The quantitative estimate of drug-likeness (QED) is 0.673. The fourth-order valence-electron chi connectivity index (χ4n) is 3.50. The first-order chi connectivity index (χ1) is 13.8. The lowest BCUT2D eigenvalue weighted by Gasteiger charge is -2.18. The Morgan fingerprint density at radius 3 is 2.28 bits per heavy atom. The summed E-state index contributed by atoms with van der Waals surface area (Å²) in [5, 5.41) is 6.76. The molecule has 0 saturated heterocycles. The van der Waals surface area contributed by atoms with Crippen LogP contribution >= 0.6 is 0 Å². The summed E-state index contributed by atoms with van der Waals surface area (Å²) < 4.78 is 0. The molecule has 0 aliphatic carbocycles. The van der Waals surface area contributed by atoms with Crippen LogP contribution in [0.4, 0.5) is 11.4 Å². The molecule has 29 heavy (non-hydrogen) atoms. The summed E-state index contributed by atoms with van der Waals surface area (Å²) in [7, 11) is 1.75. The van der Waals surface area contributed by atoms with Crippen LogP contribution in [0.1, 0.15) is 16.7 Å². The minimum Gasteiger partial charge on any atom is -0.324 e. The highest BCUT2D eigenvalue weighted by Crippen LogP contribution is 2.22. The third-order valence-corrected chi connectivity index (χ3v) is 4.69. The van der Waals surface area contributed by atoms with Gasteiger partial charge in [0.2, 0.25) is 11.8 Å². The standard InChI is InChI=1S/C23H26N4O2/c1-15-11-16(2)23(17(3)12-15)26-22(29)14-27(4)13-21(28)25-20-9-5-8-19-18(20)7-6-10-24-19/h5-12H,13-14H2,1-4H3,(H,25,28)(H,26,29). The average molecular weight is 390 g/mol. The van der Waals surface area contributed by atoms with E-state index in [2.05, 4.69) is 15.6 Å². The Morgan fingerprint density at radius 1 is 0.931 bits per heavy atom. The number of hydrogen-bond donors (Lipinski definition) is 2. The molecule has 0 saturated carbocycles. The van der Waals surface area contributed by atoms with E-state index in [1.807, 2.05) is 63.2 Å². The summed E-state index contributed by atoms with van der Waals surface area (Å²) in [5.74, 6) is -0.330. The normalized spacial score (nSPS) is 10.9. The lowest BCUT2D eigenvalue weighted by atomic mass is 10.1. The van der Waals surface area contributed by atoms with Gasteiger partial charge in [-0.15, -0.1) is 0 Å². The number of nitrogens with one attached hydrogen (secondary N) is 2. The van der Waals surface area contributed by atoms with Crippen molar-refractivity contribution < 1.29 is 9.59 Å². The Balaban J connectivity index is 1.58. The average Bonchev–Trinajstić information content (AvgIpc) is 2.64. The molecule has 2 N–H and O–H groups in total. The number of hydrogen-bond acceptors (Lipinski definition) is 4. The fourth-order valence-corrected chi connectivity index (χ4v) is 3.50. The van der Waals surface area contributed by atoms with Gasteiger partial charge in [0.05, 0.1) is 24.3 Å². The third-order valence-electron chi connectivity index (χ3n) is 4.69. The molecule has 150 valence electrons. The highest BCUT2D eigenvalue weighted by Gasteiger charge is 2.14. The molecule has 1 aromatic heterocycles. The first-order valence-electron chi connectivity index (χ1n) is 9.53. The molecule has 6 heteroatoms. The number of fused-ring (bicyclic) bond motifs is 1. The smallest absolute Gasteiger partial charge is 0.238 e. The number of nitrogens with zero attached hydrogens (tertiary/aromatic N) is 2. The summed E-state index contributed by atoms with van der Waals surface area (Å²) in [4.78, 5) is 30.9. The molecule has 0 fully saturated rings. The second kappa shape index (κ2) is 8.84. The number of benzene rings is 2. The molecule has 0 bridgehead atoms. The van der Waals surface area contributed by atoms with Crippen LogP contribution in [0.3, 0.4) is 0 Å². The number of aryl methyl sites for hydroxylation is 3. The van der Waals surface area contributed by atoms with E-state index in [9.17, 15) is 9.59 Å². The number of anilines is 2. The molecule has 0 aliphatic rings. The van der Waals surface area contributed by atoms with Crippen molar-refractivity contribution >= 4 is 34.1 Å². The van der Waals surface area contributed by atoms with Gasteiger partial charge in [0.25, 0.3) is 0 Å². The molecule has 3 rings (SSSR count). The maximum absolute atomic E-state index is 12.4. The number of carbonyl (C=O) groups is 2. The second-order valence-corrected chi connectivity index (χ2v) is 7.42. The molecule has 1 heterocycles. The molecule has 0 radical (unpaired) electrons.